The Hall–Kier alpha value is -3.19. The SMILES string of the molecule is Cc1cc2c(s1)NC(c1ccoc1)=NC2NCCCc1ccc(-c2ccc(CCN)cc2)cc1. The van der Waals surface area contributed by atoms with E-state index in [0.29, 0.717) is 6.54 Å². The van der Waals surface area contributed by atoms with Gasteiger partial charge in [-0.05, 0) is 73.7 Å². The predicted molar refractivity (Wildman–Crippen MR) is 142 cm³/mol. The van der Waals surface area contributed by atoms with E-state index in [1.54, 1.807) is 23.9 Å². The first-order valence-electron chi connectivity index (χ1n) is 11.8. The lowest BCUT2D eigenvalue weighted by Crippen LogP contribution is -2.28. The van der Waals surface area contributed by atoms with Crippen LogP contribution in [0.3, 0.4) is 0 Å². The molecule has 4 N–H and O–H groups in total. The summed E-state index contributed by atoms with van der Waals surface area (Å²) in [5, 5.41) is 8.26. The topological polar surface area (TPSA) is 75.6 Å². The van der Waals surface area contributed by atoms with Crippen LogP contribution in [0.4, 0.5) is 5.00 Å². The number of thiophene rings is 1. The summed E-state index contributed by atoms with van der Waals surface area (Å²) in [5.41, 5.74) is 13.0. The molecule has 1 aliphatic rings. The highest BCUT2D eigenvalue weighted by Gasteiger charge is 2.24. The first-order chi connectivity index (χ1) is 16.7. The second-order valence-corrected chi connectivity index (χ2v) is 9.91. The maximum Gasteiger partial charge on any atom is 0.138 e. The minimum atomic E-state index is -0.0456. The van der Waals surface area contributed by atoms with Gasteiger partial charge in [0.1, 0.15) is 23.3 Å². The molecule has 0 bridgehead atoms. The van der Waals surface area contributed by atoms with E-state index in [-0.39, 0.29) is 6.17 Å². The van der Waals surface area contributed by atoms with Crippen LogP contribution < -0.4 is 16.4 Å². The van der Waals surface area contributed by atoms with Gasteiger partial charge in [0.25, 0.3) is 0 Å². The van der Waals surface area contributed by atoms with E-state index in [2.05, 4.69) is 72.2 Å². The fourth-order valence-electron chi connectivity index (χ4n) is 4.30. The van der Waals surface area contributed by atoms with Crippen LogP contribution in [0.2, 0.25) is 0 Å². The first kappa shape index (κ1) is 22.6. The Labute approximate surface area is 204 Å². The zero-order valence-corrected chi connectivity index (χ0v) is 20.2. The number of nitrogens with one attached hydrogen (secondary N) is 2. The normalized spacial score (nSPS) is 15.0. The Morgan fingerprint density at radius 1 is 0.971 bits per heavy atom. The zero-order chi connectivity index (χ0) is 23.3. The first-order valence-corrected chi connectivity index (χ1v) is 12.6. The summed E-state index contributed by atoms with van der Waals surface area (Å²) >= 11 is 1.77. The molecule has 34 heavy (non-hydrogen) atoms. The molecule has 5 nitrogen and oxygen atoms in total. The van der Waals surface area contributed by atoms with Gasteiger partial charge in [-0.15, -0.1) is 11.3 Å². The van der Waals surface area contributed by atoms with Gasteiger partial charge in [0.15, 0.2) is 0 Å². The molecule has 2 aromatic heterocycles. The largest absolute Gasteiger partial charge is 0.472 e. The van der Waals surface area contributed by atoms with Crippen LogP contribution >= 0.6 is 11.3 Å². The van der Waals surface area contributed by atoms with Crippen molar-refractivity contribution in [2.45, 2.75) is 32.4 Å². The molecular weight excluding hydrogens is 440 g/mol. The smallest absolute Gasteiger partial charge is 0.138 e. The maximum atomic E-state index is 5.65. The van der Waals surface area contributed by atoms with E-state index in [9.17, 15) is 0 Å². The van der Waals surface area contributed by atoms with Crippen LogP contribution in [0.5, 0.6) is 0 Å². The van der Waals surface area contributed by atoms with E-state index in [4.69, 9.17) is 15.1 Å². The van der Waals surface area contributed by atoms with E-state index >= 15 is 0 Å². The van der Waals surface area contributed by atoms with E-state index in [0.717, 1.165) is 42.2 Å². The summed E-state index contributed by atoms with van der Waals surface area (Å²) in [6.07, 6.45) is 6.36. The molecule has 174 valence electrons. The minimum Gasteiger partial charge on any atom is -0.472 e. The monoisotopic (exact) mass is 470 g/mol. The molecule has 0 saturated heterocycles. The highest BCUT2D eigenvalue weighted by molar-refractivity contribution is 7.16. The van der Waals surface area contributed by atoms with E-state index in [1.165, 1.54) is 32.7 Å². The van der Waals surface area contributed by atoms with Crippen LogP contribution in [0.1, 0.15) is 39.7 Å². The number of anilines is 1. The van der Waals surface area contributed by atoms with Crippen molar-refractivity contribution in [3.05, 3.63) is 100 Å². The predicted octanol–water partition coefficient (Wildman–Crippen LogP) is 5.91. The Kier molecular flexibility index (Phi) is 6.90. The Morgan fingerprint density at radius 2 is 1.68 bits per heavy atom. The summed E-state index contributed by atoms with van der Waals surface area (Å²) in [6.45, 7) is 3.72. The third kappa shape index (κ3) is 5.14. The van der Waals surface area contributed by atoms with Gasteiger partial charge in [0, 0.05) is 10.4 Å². The van der Waals surface area contributed by atoms with Gasteiger partial charge in [-0.3, -0.25) is 5.32 Å². The number of aryl methyl sites for hydroxylation is 2. The van der Waals surface area contributed by atoms with E-state index < -0.39 is 0 Å². The highest BCUT2D eigenvalue weighted by atomic mass is 32.1. The minimum absolute atomic E-state index is 0.0456. The lowest BCUT2D eigenvalue weighted by Gasteiger charge is -2.23. The van der Waals surface area contributed by atoms with Crippen molar-refractivity contribution >= 4 is 22.2 Å². The van der Waals surface area contributed by atoms with Gasteiger partial charge in [-0.25, -0.2) is 4.99 Å². The molecule has 3 heterocycles. The van der Waals surface area contributed by atoms with Crippen molar-refractivity contribution in [1.29, 1.82) is 0 Å². The number of rotatable bonds is 9. The lowest BCUT2D eigenvalue weighted by atomic mass is 10.0. The molecule has 0 radical (unpaired) electrons. The molecule has 0 amide bonds. The standard InChI is InChI=1S/C28H30N4OS/c1-19-17-25-27(31-26(32-28(25)34-19)24-13-16-33-18-24)30-15-2-3-20-4-8-22(9-5-20)23-10-6-21(7-11-23)12-14-29/h4-11,13,16-18,27,30H,2-3,12,14-15,29H2,1H3,(H,31,32). The zero-order valence-electron chi connectivity index (χ0n) is 19.4. The Bertz CT molecular complexity index is 1240. The molecule has 4 aromatic rings. The number of hydrogen-bond acceptors (Lipinski definition) is 6. The Balaban J connectivity index is 1.17. The molecule has 6 heteroatoms. The average molecular weight is 471 g/mol. The molecule has 2 aromatic carbocycles. The molecular formula is C28H30N4OS. The number of benzene rings is 2. The van der Waals surface area contributed by atoms with Crippen LogP contribution in [0, 0.1) is 6.92 Å². The number of fused-ring (bicyclic) bond motifs is 1. The summed E-state index contributed by atoms with van der Waals surface area (Å²) in [5.74, 6) is 0.854. The maximum absolute atomic E-state index is 5.65. The number of nitrogens with zero attached hydrogens (tertiary/aromatic N) is 1. The molecule has 0 aliphatic carbocycles. The van der Waals surface area contributed by atoms with Gasteiger partial charge in [0.2, 0.25) is 0 Å². The molecule has 0 spiro atoms. The van der Waals surface area contributed by atoms with Gasteiger partial charge in [0.05, 0.1) is 11.8 Å². The second kappa shape index (κ2) is 10.4. The summed E-state index contributed by atoms with van der Waals surface area (Å²) in [7, 11) is 0. The molecule has 0 saturated carbocycles. The van der Waals surface area contributed by atoms with Crippen LogP contribution in [0.15, 0.2) is 82.6 Å². The number of aliphatic imine (C=N–C) groups is 1. The van der Waals surface area contributed by atoms with Gasteiger partial charge in [-0.2, -0.15) is 0 Å². The van der Waals surface area contributed by atoms with Crippen molar-refractivity contribution in [2.75, 3.05) is 18.4 Å². The number of furan rings is 1. The van der Waals surface area contributed by atoms with Crippen molar-refractivity contribution in [2.24, 2.45) is 10.7 Å². The van der Waals surface area contributed by atoms with Crippen molar-refractivity contribution < 1.29 is 4.42 Å². The van der Waals surface area contributed by atoms with Crippen LogP contribution in [0.25, 0.3) is 11.1 Å². The van der Waals surface area contributed by atoms with Crippen molar-refractivity contribution in [1.82, 2.24) is 5.32 Å². The molecule has 0 fully saturated rings. The molecule has 5 rings (SSSR count). The van der Waals surface area contributed by atoms with Gasteiger partial charge in [-0.1, -0.05) is 48.5 Å². The third-order valence-corrected chi connectivity index (χ3v) is 7.10. The summed E-state index contributed by atoms with van der Waals surface area (Å²) in [6, 6.07) is 21.8. The van der Waals surface area contributed by atoms with E-state index in [1.807, 2.05) is 6.07 Å². The number of nitrogens with two attached hydrogens (primary N) is 1. The van der Waals surface area contributed by atoms with Gasteiger partial charge < -0.3 is 15.5 Å². The lowest BCUT2D eigenvalue weighted by molar-refractivity contribution is 0.540. The quantitative estimate of drug-likeness (QED) is 0.266. The number of hydrogen-bond donors (Lipinski definition) is 3. The van der Waals surface area contributed by atoms with Gasteiger partial charge >= 0.3 is 0 Å². The molecule has 1 aliphatic heterocycles. The molecule has 1 atom stereocenters. The third-order valence-electron chi connectivity index (χ3n) is 6.12. The summed E-state index contributed by atoms with van der Waals surface area (Å²) < 4.78 is 5.25. The average Bonchev–Trinajstić information content (AvgIpc) is 3.52. The van der Waals surface area contributed by atoms with Crippen molar-refractivity contribution in [3.63, 3.8) is 0 Å². The summed E-state index contributed by atoms with van der Waals surface area (Å²) in [4.78, 5) is 6.20. The fraction of sp³-hybridized carbons (Fsp3) is 0.250. The fourth-order valence-corrected chi connectivity index (χ4v) is 5.24. The van der Waals surface area contributed by atoms with Crippen LogP contribution in [-0.2, 0) is 12.8 Å². The van der Waals surface area contributed by atoms with Crippen molar-refractivity contribution in [3.8, 4) is 11.1 Å². The van der Waals surface area contributed by atoms with Crippen LogP contribution in [-0.4, -0.2) is 18.9 Å². The highest BCUT2D eigenvalue weighted by Crippen LogP contribution is 2.36. The Morgan fingerprint density at radius 3 is 2.32 bits per heavy atom. The second-order valence-electron chi connectivity index (χ2n) is 8.65. The molecule has 1 unspecified atom stereocenters. The number of amidine groups is 1.